The summed E-state index contributed by atoms with van der Waals surface area (Å²) in [4.78, 5) is 21.8. The van der Waals surface area contributed by atoms with Gasteiger partial charge in [0.05, 0.1) is 0 Å². The quantitative estimate of drug-likeness (QED) is 0.234. The lowest BCUT2D eigenvalue weighted by Crippen LogP contribution is -2.27. The molecule has 0 saturated heterocycles. The van der Waals surface area contributed by atoms with Crippen molar-refractivity contribution < 1.29 is 29.6 Å². The molecule has 0 aliphatic rings. The van der Waals surface area contributed by atoms with E-state index in [2.05, 4.69) is 11.7 Å². The fourth-order valence-corrected chi connectivity index (χ4v) is 2.02. The molecule has 128 valence electrons. The second kappa shape index (κ2) is 12.0. The second-order valence-electron chi connectivity index (χ2n) is 5.37. The van der Waals surface area contributed by atoms with Gasteiger partial charge in [0.25, 0.3) is 0 Å². The smallest absolute Gasteiger partial charge is 0.350 e. The number of carbonyl (C=O) groups is 2. The number of rotatable bonds is 11. The number of hydrogen-bond donors (Lipinski definition) is 3. The number of aliphatic hydroxyl groups is 3. The second-order valence-corrected chi connectivity index (χ2v) is 5.37. The summed E-state index contributed by atoms with van der Waals surface area (Å²) in [6, 6.07) is 0. The van der Waals surface area contributed by atoms with Gasteiger partial charge in [-0.3, -0.25) is 4.79 Å². The molecule has 0 bridgehead atoms. The van der Waals surface area contributed by atoms with Crippen LogP contribution in [0.15, 0.2) is 11.5 Å². The number of ether oxygens (including phenoxy) is 1. The molecular formula is C16H28O6. The van der Waals surface area contributed by atoms with Gasteiger partial charge < -0.3 is 20.1 Å². The van der Waals surface area contributed by atoms with Gasteiger partial charge in [-0.1, -0.05) is 51.9 Å². The molecule has 6 heteroatoms. The van der Waals surface area contributed by atoms with Crippen molar-refractivity contribution in [3.8, 4) is 0 Å². The predicted octanol–water partition coefficient (Wildman–Crippen LogP) is 3.30. The van der Waals surface area contributed by atoms with Crippen molar-refractivity contribution in [1.29, 1.82) is 0 Å². The summed E-state index contributed by atoms with van der Waals surface area (Å²) in [5, 5.41) is 28.6. The molecule has 0 aliphatic carbocycles. The van der Waals surface area contributed by atoms with Crippen molar-refractivity contribution in [3.63, 3.8) is 0 Å². The van der Waals surface area contributed by atoms with Crippen molar-refractivity contribution in [1.82, 2.24) is 0 Å². The molecule has 0 rings (SSSR count). The highest BCUT2D eigenvalue weighted by Crippen LogP contribution is 2.15. The Morgan fingerprint density at radius 1 is 0.955 bits per heavy atom. The first-order valence-electron chi connectivity index (χ1n) is 7.91. The summed E-state index contributed by atoms with van der Waals surface area (Å²) in [5.41, 5.74) is 0. The molecule has 0 fully saturated rings. The van der Waals surface area contributed by atoms with Crippen molar-refractivity contribution >= 4 is 11.9 Å². The van der Waals surface area contributed by atoms with Crippen LogP contribution in [0.25, 0.3) is 0 Å². The molecule has 0 amide bonds. The van der Waals surface area contributed by atoms with Crippen LogP contribution in [0, 0.1) is 0 Å². The molecule has 0 heterocycles. The molecule has 0 aromatic rings. The van der Waals surface area contributed by atoms with Gasteiger partial charge in [-0.25, -0.2) is 4.79 Å². The van der Waals surface area contributed by atoms with Gasteiger partial charge in [-0.15, -0.1) is 0 Å². The van der Waals surface area contributed by atoms with Gasteiger partial charge in [-0.2, -0.15) is 0 Å². The Kier molecular flexibility index (Phi) is 11.2. The van der Waals surface area contributed by atoms with E-state index in [1.807, 2.05) is 0 Å². The van der Waals surface area contributed by atoms with Crippen LogP contribution in [0.2, 0.25) is 0 Å². The van der Waals surface area contributed by atoms with Crippen LogP contribution in [0.5, 0.6) is 0 Å². The van der Waals surface area contributed by atoms with E-state index in [9.17, 15) is 24.9 Å². The number of carbonyl (C=O) groups excluding carboxylic acids is 2. The summed E-state index contributed by atoms with van der Waals surface area (Å²) >= 11 is 0. The third-order valence-electron chi connectivity index (χ3n) is 3.29. The van der Waals surface area contributed by atoms with Crippen LogP contribution in [0.3, 0.4) is 0 Å². The summed E-state index contributed by atoms with van der Waals surface area (Å²) < 4.78 is 4.14. The Hall–Kier alpha value is -1.56. The predicted molar refractivity (Wildman–Crippen MR) is 82.3 cm³/mol. The molecule has 6 nitrogen and oxygen atoms in total. The fraction of sp³-hybridized carbons (Fsp3) is 0.750. The lowest BCUT2D eigenvalue weighted by Gasteiger charge is -2.10. The Morgan fingerprint density at radius 3 is 1.95 bits per heavy atom. The number of allylic oxidation sites excluding steroid dienone is 1. The average molecular weight is 316 g/mol. The lowest BCUT2D eigenvalue weighted by atomic mass is 10.1. The molecule has 0 aromatic heterocycles. The Bertz CT molecular complexity index is 375. The van der Waals surface area contributed by atoms with Gasteiger partial charge in [0.2, 0.25) is 6.10 Å². The summed E-state index contributed by atoms with van der Waals surface area (Å²) in [6.07, 6.45) is 6.80. The zero-order chi connectivity index (χ0) is 17.0. The number of esters is 2. The first-order valence-corrected chi connectivity index (χ1v) is 7.91. The van der Waals surface area contributed by atoms with Crippen LogP contribution in [-0.4, -0.2) is 33.4 Å². The van der Waals surface area contributed by atoms with E-state index in [1.165, 1.54) is 25.7 Å². The van der Waals surface area contributed by atoms with Crippen LogP contribution in [-0.2, 0) is 14.3 Å². The third kappa shape index (κ3) is 9.39. The molecule has 0 aromatic carbocycles. The Balaban J connectivity index is 3.99. The van der Waals surface area contributed by atoms with E-state index < -0.39 is 29.6 Å². The monoisotopic (exact) mass is 316 g/mol. The average Bonchev–Trinajstić information content (AvgIpc) is 2.47. The van der Waals surface area contributed by atoms with Crippen LogP contribution in [0.4, 0.5) is 0 Å². The minimum absolute atomic E-state index is 0.172. The van der Waals surface area contributed by atoms with Crippen LogP contribution >= 0.6 is 0 Å². The van der Waals surface area contributed by atoms with Crippen molar-refractivity contribution in [2.24, 2.45) is 0 Å². The zero-order valence-electron chi connectivity index (χ0n) is 13.5. The molecule has 0 radical (unpaired) electrons. The van der Waals surface area contributed by atoms with E-state index in [4.69, 9.17) is 0 Å². The van der Waals surface area contributed by atoms with E-state index in [1.54, 1.807) is 0 Å². The topological polar surface area (TPSA) is 104 Å². The number of unbranched alkanes of at least 4 members (excludes halogenated alkanes) is 7. The molecular weight excluding hydrogens is 288 g/mol. The van der Waals surface area contributed by atoms with E-state index >= 15 is 0 Å². The van der Waals surface area contributed by atoms with Gasteiger partial charge in [0.15, 0.2) is 5.76 Å². The number of hydrogen-bond acceptors (Lipinski definition) is 6. The molecule has 1 unspecified atom stereocenters. The van der Waals surface area contributed by atoms with E-state index in [-0.39, 0.29) is 6.42 Å². The Labute approximate surface area is 131 Å². The maximum Gasteiger partial charge on any atom is 0.350 e. The molecule has 1 atom stereocenters. The van der Waals surface area contributed by atoms with Crippen LogP contribution < -0.4 is 0 Å². The van der Waals surface area contributed by atoms with E-state index in [0.717, 1.165) is 26.2 Å². The highest BCUT2D eigenvalue weighted by molar-refractivity contribution is 5.88. The molecule has 3 N–H and O–H groups in total. The van der Waals surface area contributed by atoms with Gasteiger partial charge in [-0.05, 0) is 6.42 Å². The maximum atomic E-state index is 11.2. The molecule has 0 spiro atoms. The standard InChI is InChI=1S/C16H28O6/c1-3-4-5-6-7-8-9-10-11-13(18)14(19)15(20)16(21)22-12(2)17/h15,18-20H,3-11H2,1-2H3/b14-13+. The van der Waals surface area contributed by atoms with Gasteiger partial charge in [0, 0.05) is 13.3 Å². The van der Waals surface area contributed by atoms with Gasteiger partial charge >= 0.3 is 11.9 Å². The zero-order valence-corrected chi connectivity index (χ0v) is 13.5. The van der Waals surface area contributed by atoms with Crippen molar-refractivity contribution in [2.75, 3.05) is 0 Å². The summed E-state index contributed by atoms with van der Waals surface area (Å²) in [7, 11) is 0. The molecule has 0 aliphatic heterocycles. The van der Waals surface area contributed by atoms with Crippen LogP contribution in [0.1, 0.15) is 71.6 Å². The maximum absolute atomic E-state index is 11.2. The first kappa shape index (κ1) is 20.4. The van der Waals surface area contributed by atoms with Gasteiger partial charge in [0.1, 0.15) is 5.76 Å². The third-order valence-corrected chi connectivity index (χ3v) is 3.29. The summed E-state index contributed by atoms with van der Waals surface area (Å²) in [5.74, 6) is -3.49. The largest absolute Gasteiger partial charge is 0.509 e. The molecule has 22 heavy (non-hydrogen) atoms. The highest BCUT2D eigenvalue weighted by Gasteiger charge is 2.25. The SMILES string of the molecule is CCCCCCCCCC/C(O)=C(\O)C(O)C(=O)OC(C)=O. The minimum Gasteiger partial charge on any atom is -0.509 e. The normalized spacial score (nSPS) is 13.4. The highest BCUT2D eigenvalue weighted by atomic mass is 16.6. The molecule has 0 saturated carbocycles. The fourth-order valence-electron chi connectivity index (χ4n) is 2.02. The van der Waals surface area contributed by atoms with E-state index in [0.29, 0.717) is 6.42 Å². The lowest BCUT2D eigenvalue weighted by molar-refractivity contribution is -0.164. The number of aliphatic hydroxyl groups excluding tert-OH is 3. The van der Waals surface area contributed by atoms with Crippen molar-refractivity contribution in [3.05, 3.63) is 11.5 Å². The van der Waals surface area contributed by atoms with Crippen molar-refractivity contribution in [2.45, 2.75) is 77.7 Å². The first-order chi connectivity index (χ1) is 10.4. The minimum atomic E-state index is -2.03. The Morgan fingerprint density at radius 2 is 1.45 bits per heavy atom. The summed E-state index contributed by atoms with van der Waals surface area (Å²) in [6.45, 7) is 3.17.